The molecule has 0 radical (unpaired) electrons. The van der Waals surface area contributed by atoms with Crippen molar-refractivity contribution in [2.24, 2.45) is 0 Å². The molecular weight excluding hydrogens is 169 g/mol. The monoisotopic (exact) mass is 181 g/mol. The van der Waals surface area contributed by atoms with Crippen molar-refractivity contribution < 1.29 is 9.23 Å². The number of benzene rings is 1. The van der Waals surface area contributed by atoms with Gasteiger partial charge in [-0.05, 0) is 24.1 Å². The van der Waals surface area contributed by atoms with Gasteiger partial charge >= 0.3 is 0 Å². The molecular formula is C10H12FNO. The maximum atomic E-state index is 12.5. The standard InChI is InChI=1S/C10H12FNO/c1-13-12-8-2-3-9-4-6-10(11)7-5-9/h2,4-8,12H,3H2,1H3. The molecule has 0 bridgehead atoms. The van der Waals surface area contributed by atoms with Gasteiger partial charge in [-0.25, -0.2) is 4.39 Å². The van der Waals surface area contributed by atoms with Crippen molar-refractivity contribution in [2.75, 3.05) is 7.11 Å². The van der Waals surface area contributed by atoms with Crippen LogP contribution in [0.15, 0.2) is 36.5 Å². The SMILES string of the molecule is CONC=CCc1ccc(F)cc1. The van der Waals surface area contributed by atoms with E-state index in [1.165, 1.54) is 12.1 Å². The van der Waals surface area contributed by atoms with Gasteiger partial charge in [0.05, 0.1) is 7.11 Å². The summed E-state index contributed by atoms with van der Waals surface area (Å²) in [6, 6.07) is 6.42. The summed E-state index contributed by atoms with van der Waals surface area (Å²) in [6.07, 6.45) is 4.36. The zero-order valence-corrected chi connectivity index (χ0v) is 7.46. The van der Waals surface area contributed by atoms with E-state index in [2.05, 4.69) is 10.3 Å². The molecule has 0 heterocycles. The molecule has 3 heteroatoms. The van der Waals surface area contributed by atoms with Gasteiger partial charge in [-0.3, -0.25) is 10.3 Å². The molecule has 13 heavy (non-hydrogen) atoms. The molecule has 0 aliphatic rings. The minimum atomic E-state index is -0.206. The van der Waals surface area contributed by atoms with E-state index in [4.69, 9.17) is 0 Å². The number of halogens is 1. The number of hydroxylamine groups is 1. The van der Waals surface area contributed by atoms with E-state index in [-0.39, 0.29) is 5.82 Å². The summed E-state index contributed by atoms with van der Waals surface area (Å²) in [5.74, 6) is -0.206. The molecule has 70 valence electrons. The average Bonchev–Trinajstić information content (AvgIpc) is 2.15. The zero-order chi connectivity index (χ0) is 9.52. The highest BCUT2D eigenvalue weighted by Crippen LogP contribution is 2.03. The largest absolute Gasteiger partial charge is 0.280 e. The van der Waals surface area contributed by atoms with E-state index in [0.717, 1.165) is 12.0 Å². The van der Waals surface area contributed by atoms with Gasteiger partial charge in [0.2, 0.25) is 0 Å². The average molecular weight is 181 g/mol. The molecule has 0 amide bonds. The van der Waals surface area contributed by atoms with Crippen LogP contribution in [-0.4, -0.2) is 7.11 Å². The normalized spacial score (nSPS) is 10.6. The minimum absolute atomic E-state index is 0.206. The lowest BCUT2D eigenvalue weighted by molar-refractivity contribution is 0.128. The number of hydrogen-bond donors (Lipinski definition) is 1. The second-order valence-corrected chi connectivity index (χ2v) is 2.55. The highest BCUT2D eigenvalue weighted by Gasteiger charge is 1.89. The Labute approximate surface area is 77.0 Å². The van der Waals surface area contributed by atoms with Crippen LogP contribution in [0.2, 0.25) is 0 Å². The summed E-state index contributed by atoms with van der Waals surface area (Å²) >= 11 is 0. The lowest BCUT2D eigenvalue weighted by Gasteiger charge is -1.96. The quantitative estimate of drug-likeness (QED) is 0.717. The first-order valence-corrected chi connectivity index (χ1v) is 4.01. The highest BCUT2D eigenvalue weighted by molar-refractivity contribution is 5.18. The molecule has 0 aliphatic heterocycles. The van der Waals surface area contributed by atoms with Crippen molar-refractivity contribution >= 4 is 0 Å². The number of rotatable bonds is 4. The van der Waals surface area contributed by atoms with Gasteiger partial charge in [-0.2, -0.15) is 0 Å². The molecule has 1 N–H and O–H groups in total. The lowest BCUT2D eigenvalue weighted by atomic mass is 10.1. The van der Waals surface area contributed by atoms with Crippen LogP contribution in [0.5, 0.6) is 0 Å². The molecule has 0 unspecified atom stereocenters. The van der Waals surface area contributed by atoms with Crippen LogP contribution in [0, 0.1) is 5.82 Å². The molecule has 0 saturated carbocycles. The predicted molar refractivity (Wildman–Crippen MR) is 49.4 cm³/mol. The predicted octanol–water partition coefficient (Wildman–Crippen LogP) is 2.03. The third-order valence-electron chi connectivity index (χ3n) is 1.57. The van der Waals surface area contributed by atoms with Crippen LogP contribution in [0.3, 0.4) is 0 Å². The van der Waals surface area contributed by atoms with Gasteiger partial charge in [-0.1, -0.05) is 18.2 Å². The maximum Gasteiger partial charge on any atom is 0.123 e. The fraction of sp³-hybridized carbons (Fsp3) is 0.200. The number of hydrogen-bond acceptors (Lipinski definition) is 2. The highest BCUT2D eigenvalue weighted by atomic mass is 19.1. The third kappa shape index (κ3) is 3.71. The Morgan fingerprint density at radius 3 is 2.69 bits per heavy atom. The molecule has 0 atom stereocenters. The van der Waals surface area contributed by atoms with Crippen LogP contribution in [-0.2, 0) is 11.3 Å². The van der Waals surface area contributed by atoms with E-state index in [9.17, 15) is 4.39 Å². The Kier molecular flexibility index (Phi) is 3.99. The van der Waals surface area contributed by atoms with Crippen molar-refractivity contribution in [1.82, 2.24) is 5.48 Å². The van der Waals surface area contributed by atoms with Crippen molar-refractivity contribution in [2.45, 2.75) is 6.42 Å². The van der Waals surface area contributed by atoms with Crippen LogP contribution in [0.4, 0.5) is 4.39 Å². The van der Waals surface area contributed by atoms with Gasteiger partial charge in [-0.15, -0.1) is 0 Å². The first kappa shape index (κ1) is 9.74. The fourth-order valence-electron chi connectivity index (χ4n) is 0.932. The molecule has 0 fully saturated rings. The molecule has 0 saturated heterocycles. The van der Waals surface area contributed by atoms with Gasteiger partial charge in [0.15, 0.2) is 0 Å². The van der Waals surface area contributed by atoms with Crippen LogP contribution in [0.25, 0.3) is 0 Å². The topological polar surface area (TPSA) is 21.3 Å². The summed E-state index contributed by atoms with van der Waals surface area (Å²) < 4.78 is 12.5. The molecule has 1 aromatic rings. The molecule has 0 aliphatic carbocycles. The molecule has 1 rings (SSSR count). The summed E-state index contributed by atoms with van der Waals surface area (Å²) in [5.41, 5.74) is 3.64. The number of allylic oxidation sites excluding steroid dienone is 1. The van der Waals surface area contributed by atoms with Gasteiger partial charge in [0, 0.05) is 6.20 Å². The summed E-state index contributed by atoms with van der Waals surface area (Å²) in [5, 5.41) is 0. The molecule has 0 aromatic heterocycles. The van der Waals surface area contributed by atoms with Crippen molar-refractivity contribution in [1.29, 1.82) is 0 Å². The van der Waals surface area contributed by atoms with Crippen LogP contribution < -0.4 is 5.48 Å². The Hall–Kier alpha value is -1.35. The molecule has 0 spiro atoms. The van der Waals surface area contributed by atoms with E-state index in [1.807, 2.05) is 6.08 Å². The Bertz CT molecular complexity index is 269. The van der Waals surface area contributed by atoms with Crippen LogP contribution in [0.1, 0.15) is 5.56 Å². The van der Waals surface area contributed by atoms with E-state index >= 15 is 0 Å². The number of nitrogens with one attached hydrogen (secondary N) is 1. The second kappa shape index (κ2) is 5.32. The zero-order valence-electron chi connectivity index (χ0n) is 7.46. The van der Waals surface area contributed by atoms with Crippen molar-refractivity contribution in [3.05, 3.63) is 47.9 Å². The Morgan fingerprint density at radius 2 is 2.08 bits per heavy atom. The lowest BCUT2D eigenvalue weighted by Crippen LogP contribution is -2.00. The van der Waals surface area contributed by atoms with Crippen molar-refractivity contribution in [3.63, 3.8) is 0 Å². The first-order chi connectivity index (χ1) is 6.33. The van der Waals surface area contributed by atoms with Gasteiger partial charge in [0.25, 0.3) is 0 Å². The second-order valence-electron chi connectivity index (χ2n) is 2.55. The minimum Gasteiger partial charge on any atom is -0.280 e. The maximum absolute atomic E-state index is 12.5. The van der Waals surface area contributed by atoms with E-state index in [1.54, 1.807) is 25.4 Å². The van der Waals surface area contributed by atoms with Crippen molar-refractivity contribution in [3.8, 4) is 0 Å². The first-order valence-electron chi connectivity index (χ1n) is 4.01. The third-order valence-corrected chi connectivity index (χ3v) is 1.57. The van der Waals surface area contributed by atoms with Gasteiger partial charge < -0.3 is 0 Å². The molecule has 2 nitrogen and oxygen atoms in total. The Balaban J connectivity index is 2.41. The van der Waals surface area contributed by atoms with Crippen LogP contribution >= 0.6 is 0 Å². The van der Waals surface area contributed by atoms with E-state index < -0.39 is 0 Å². The molecule has 1 aromatic carbocycles. The summed E-state index contributed by atoms with van der Waals surface area (Å²) in [7, 11) is 1.54. The smallest absolute Gasteiger partial charge is 0.123 e. The van der Waals surface area contributed by atoms with Gasteiger partial charge in [0.1, 0.15) is 5.82 Å². The Morgan fingerprint density at radius 1 is 1.38 bits per heavy atom. The summed E-state index contributed by atoms with van der Waals surface area (Å²) in [4.78, 5) is 4.60. The van der Waals surface area contributed by atoms with E-state index in [0.29, 0.717) is 0 Å². The summed E-state index contributed by atoms with van der Waals surface area (Å²) in [6.45, 7) is 0. The fourth-order valence-corrected chi connectivity index (χ4v) is 0.932.